The predicted octanol–water partition coefficient (Wildman–Crippen LogP) is 2.03. The van der Waals surface area contributed by atoms with Gasteiger partial charge in [-0.3, -0.25) is 4.79 Å². The molecule has 1 aromatic carbocycles. The Hall–Kier alpha value is -1.81. The lowest BCUT2D eigenvalue weighted by atomic mass is 10.0. The summed E-state index contributed by atoms with van der Waals surface area (Å²) in [6.45, 7) is 0.652. The van der Waals surface area contributed by atoms with E-state index in [1.165, 1.54) is 0 Å². The minimum atomic E-state index is 0.00259. The van der Waals surface area contributed by atoms with Crippen LogP contribution in [0.5, 0.6) is 0 Å². The number of rotatable bonds is 3. The minimum Gasteiger partial charge on any atom is -0.360 e. The van der Waals surface area contributed by atoms with Crippen molar-refractivity contribution in [3.8, 4) is 0 Å². The molecule has 0 bridgehead atoms. The lowest BCUT2D eigenvalue weighted by Gasteiger charge is -2.19. The van der Waals surface area contributed by atoms with E-state index in [1.54, 1.807) is 6.20 Å². The van der Waals surface area contributed by atoms with Crippen molar-refractivity contribution >= 4 is 16.8 Å². The topological polar surface area (TPSA) is 70.9 Å². The number of para-hydroxylation sites is 1. The van der Waals surface area contributed by atoms with Crippen molar-refractivity contribution in [2.45, 2.75) is 25.3 Å². The van der Waals surface area contributed by atoms with Crippen molar-refractivity contribution in [2.75, 3.05) is 6.54 Å². The minimum absolute atomic E-state index is 0.00259. The second-order valence-electron chi connectivity index (χ2n) is 5.25. The van der Waals surface area contributed by atoms with Gasteiger partial charge in [0.1, 0.15) is 0 Å². The first kappa shape index (κ1) is 12.2. The fourth-order valence-electron chi connectivity index (χ4n) is 3.01. The van der Waals surface area contributed by atoms with Gasteiger partial charge in [-0.2, -0.15) is 0 Å². The molecule has 1 amide bonds. The van der Waals surface area contributed by atoms with Gasteiger partial charge in [0, 0.05) is 23.1 Å². The van der Waals surface area contributed by atoms with Crippen LogP contribution in [-0.2, 0) is 0 Å². The van der Waals surface area contributed by atoms with Crippen LogP contribution in [0.15, 0.2) is 30.5 Å². The molecule has 0 spiro atoms. The molecule has 1 aromatic heterocycles. The Morgan fingerprint density at radius 3 is 3.05 bits per heavy atom. The number of hydrogen-bond donors (Lipinski definition) is 3. The van der Waals surface area contributed by atoms with E-state index in [0.29, 0.717) is 12.5 Å². The molecule has 4 nitrogen and oxygen atoms in total. The fraction of sp³-hybridized carbons (Fsp3) is 0.400. The molecule has 4 N–H and O–H groups in total. The first-order valence-corrected chi connectivity index (χ1v) is 6.86. The Balaban J connectivity index is 1.80. The van der Waals surface area contributed by atoms with E-state index in [1.807, 2.05) is 24.3 Å². The molecule has 0 aliphatic heterocycles. The first-order chi connectivity index (χ1) is 9.29. The predicted molar refractivity (Wildman–Crippen MR) is 75.9 cm³/mol. The zero-order valence-electron chi connectivity index (χ0n) is 10.9. The summed E-state index contributed by atoms with van der Waals surface area (Å²) in [6, 6.07) is 8.08. The van der Waals surface area contributed by atoms with E-state index in [4.69, 9.17) is 5.73 Å². The summed E-state index contributed by atoms with van der Waals surface area (Å²) in [4.78, 5) is 15.5. The Labute approximate surface area is 112 Å². The monoisotopic (exact) mass is 257 g/mol. The molecule has 2 unspecified atom stereocenters. The Kier molecular flexibility index (Phi) is 3.25. The van der Waals surface area contributed by atoms with Crippen LogP contribution in [0.4, 0.5) is 0 Å². The highest BCUT2D eigenvalue weighted by Gasteiger charge is 2.28. The number of hydrogen-bond acceptors (Lipinski definition) is 2. The zero-order valence-corrected chi connectivity index (χ0v) is 10.9. The van der Waals surface area contributed by atoms with Gasteiger partial charge in [0.25, 0.3) is 5.91 Å². The Morgan fingerprint density at radius 2 is 2.21 bits per heavy atom. The summed E-state index contributed by atoms with van der Waals surface area (Å²) in [7, 11) is 0. The summed E-state index contributed by atoms with van der Waals surface area (Å²) in [6.07, 6.45) is 5.10. The molecule has 1 saturated carbocycles. The van der Waals surface area contributed by atoms with Crippen molar-refractivity contribution in [2.24, 2.45) is 11.7 Å². The quantitative estimate of drug-likeness (QED) is 0.787. The highest BCUT2D eigenvalue weighted by molar-refractivity contribution is 6.06. The highest BCUT2D eigenvalue weighted by atomic mass is 16.1. The van der Waals surface area contributed by atoms with Crippen molar-refractivity contribution in [3.05, 3.63) is 36.0 Å². The standard InChI is InChI=1S/C15H19N3O/c16-8-10-4-3-7-13(10)18-15(19)12-9-17-14-6-2-1-5-11(12)14/h1-2,5-6,9-10,13,17H,3-4,7-8,16H2,(H,18,19). The second kappa shape index (κ2) is 5.05. The van der Waals surface area contributed by atoms with Gasteiger partial charge in [-0.25, -0.2) is 0 Å². The van der Waals surface area contributed by atoms with Crippen LogP contribution in [0.3, 0.4) is 0 Å². The van der Waals surface area contributed by atoms with E-state index < -0.39 is 0 Å². The number of nitrogens with two attached hydrogens (primary N) is 1. The summed E-state index contributed by atoms with van der Waals surface area (Å²) in [5, 5.41) is 4.11. The van der Waals surface area contributed by atoms with Gasteiger partial charge in [-0.15, -0.1) is 0 Å². The SMILES string of the molecule is NCC1CCCC1NC(=O)c1c[nH]c2ccccc12. The van der Waals surface area contributed by atoms with E-state index in [2.05, 4.69) is 10.3 Å². The van der Waals surface area contributed by atoms with Crippen LogP contribution in [0.25, 0.3) is 10.9 Å². The van der Waals surface area contributed by atoms with E-state index in [9.17, 15) is 4.79 Å². The molecule has 2 aromatic rings. The van der Waals surface area contributed by atoms with Crippen molar-refractivity contribution in [3.63, 3.8) is 0 Å². The highest BCUT2D eigenvalue weighted by Crippen LogP contribution is 2.25. The molecule has 4 heteroatoms. The molecule has 1 aliphatic rings. The Bertz CT molecular complexity index is 590. The molecule has 0 radical (unpaired) electrons. The van der Waals surface area contributed by atoms with Crippen LogP contribution >= 0.6 is 0 Å². The number of carbonyl (C=O) groups is 1. The summed E-state index contributed by atoms with van der Waals surface area (Å²) in [5.74, 6) is 0.428. The molecule has 1 fully saturated rings. The van der Waals surface area contributed by atoms with Gasteiger partial charge < -0.3 is 16.0 Å². The van der Waals surface area contributed by atoms with Crippen LogP contribution in [0, 0.1) is 5.92 Å². The van der Waals surface area contributed by atoms with Crippen LogP contribution in [-0.4, -0.2) is 23.5 Å². The number of H-pyrrole nitrogens is 1. The van der Waals surface area contributed by atoms with Crippen LogP contribution < -0.4 is 11.1 Å². The summed E-state index contributed by atoms with van der Waals surface area (Å²) in [5.41, 5.74) is 7.47. The van der Waals surface area contributed by atoms with Gasteiger partial charge in [-0.05, 0) is 31.4 Å². The fourth-order valence-corrected chi connectivity index (χ4v) is 3.01. The summed E-state index contributed by atoms with van der Waals surface area (Å²) >= 11 is 0. The zero-order chi connectivity index (χ0) is 13.2. The van der Waals surface area contributed by atoms with Gasteiger partial charge in [0.2, 0.25) is 0 Å². The third-order valence-corrected chi connectivity index (χ3v) is 4.11. The molecule has 0 saturated heterocycles. The number of aromatic nitrogens is 1. The molecule has 1 aliphatic carbocycles. The smallest absolute Gasteiger partial charge is 0.253 e. The largest absolute Gasteiger partial charge is 0.360 e. The third kappa shape index (κ3) is 2.24. The third-order valence-electron chi connectivity index (χ3n) is 4.11. The lowest BCUT2D eigenvalue weighted by molar-refractivity contribution is 0.0930. The maximum Gasteiger partial charge on any atom is 0.253 e. The molecular weight excluding hydrogens is 238 g/mol. The van der Waals surface area contributed by atoms with Crippen molar-refractivity contribution < 1.29 is 4.79 Å². The number of amides is 1. The maximum atomic E-state index is 12.4. The molecule has 3 rings (SSSR count). The average Bonchev–Trinajstić information content (AvgIpc) is 3.04. The number of carbonyl (C=O) groups excluding carboxylic acids is 1. The van der Waals surface area contributed by atoms with Gasteiger partial charge in [0.15, 0.2) is 0 Å². The van der Waals surface area contributed by atoms with Gasteiger partial charge >= 0.3 is 0 Å². The lowest BCUT2D eigenvalue weighted by Crippen LogP contribution is -2.39. The molecule has 2 atom stereocenters. The average molecular weight is 257 g/mol. The maximum absolute atomic E-state index is 12.4. The van der Waals surface area contributed by atoms with E-state index in [-0.39, 0.29) is 11.9 Å². The molecule has 19 heavy (non-hydrogen) atoms. The second-order valence-corrected chi connectivity index (χ2v) is 5.25. The molecule has 1 heterocycles. The first-order valence-electron chi connectivity index (χ1n) is 6.86. The van der Waals surface area contributed by atoms with Crippen molar-refractivity contribution in [1.29, 1.82) is 0 Å². The molecule has 100 valence electrons. The van der Waals surface area contributed by atoms with E-state index in [0.717, 1.165) is 35.7 Å². The number of benzene rings is 1. The Morgan fingerprint density at radius 1 is 1.37 bits per heavy atom. The van der Waals surface area contributed by atoms with Gasteiger partial charge in [0.05, 0.1) is 5.56 Å². The van der Waals surface area contributed by atoms with Crippen molar-refractivity contribution in [1.82, 2.24) is 10.3 Å². The summed E-state index contributed by atoms with van der Waals surface area (Å²) < 4.78 is 0. The van der Waals surface area contributed by atoms with Gasteiger partial charge in [-0.1, -0.05) is 24.6 Å². The normalized spacial score (nSPS) is 22.8. The number of aromatic amines is 1. The van der Waals surface area contributed by atoms with Crippen LogP contribution in [0.2, 0.25) is 0 Å². The van der Waals surface area contributed by atoms with Crippen LogP contribution in [0.1, 0.15) is 29.6 Å². The van der Waals surface area contributed by atoms with E-state index >= 15 is 0 Å². The number of nitrogens with one attached hydrogen (secondary N) is 2. The number of fused-ring (bicyclic) bond motifs is 1. The molecular formula is C15H19N3O.